The molecule has 3 nitrogen and oxygen atoms in total. The fourth-order valence-electron chi connectivity index (χ4n) is 2.02. The van der Waals surface area contributed by atoms with Gasteiger partial charge < -0.3 is 0 Å². The molecular formula is C15H29NO2. The van der Waals surface area contributed by atoms with Crippen LogP contribution < -0.4 is 0 Å². The molecule has 1 unspecified atom stereocenters. The van der Waals surface area contributed by atoms with Crippen LogP contribution in [0.4, 0.5) is 0 Å². The van der Waals surface area contributed by atoms with Crippen molar-refractivity contribution in [3.05, 3.63) is 11.1 Å². The van der Waals surface area contributed by atoms with Crippen molar-refractivity contribution < 1.29 is 9.63 Å². The van der Waals surface area contributed by atoms with E-state index in [4.69, 9.17) is 4.84 Å². The lowest BCUT2D eigenvalue weighted by Gasteiger charge is -2.29. The zero-order valence-corrected chi connectivity index (χ0v) is 12.9. The third kappa shape index (κ3) is 6.20. The highest BCUT2D eigenvalue weighted by molar-refractivity contribution is 5.72. The van der Waals surface area contributed by atoms with Crippen molar-refractivity contribution in [1.82, 2.24) is 5.06 Å². The van der Waals surface area contributed by atoms with Crippen LogP contribution in [0, 0.1) is 0 Å². The predicted molar refractivity (Wildman–Crippen MR) is 76.1 cm³/mol. The molecule has 1 amide bonds. The Bertz CT molecular complexity index is 280. The second-order valence-corrected chi connectivity index (χ2v) is 5.16. The SMILES string of the molecule is CCCCCC(CC(C)=C(C)C)N(OC)C(C)=O. The van der Waals surface area contributed by atoms with Crippen LogP contribution in [0.25, 0.3) is 0 Å². The summed E-state index contributed by atoms with van der Waals surface area (Å²) < 4.78 is 0. The monoisotopic (exact) mass is 255 g/mol. The molecule has 0 aromatic carbocycles. The van der Waals surface area contributed by atoms with Gasteiger partial charge in [-0.05, 0) is 33.6 Å². The summed E-state index contributed by atoms with van der Waals surface area (Å²) in [6.07, 6.45) is 5.46. The number of rotatable bonds is 8. The first-order valence-electron chi connectivity index (χ1n) is 6.90. The lowest BCUT2D eigenvalue weighted by molar-refractivity contribution is -0.186. The molecule has 0 rings (SSSR count). The molecule has 0 aromatic rings. The lowest BCUT2D eigenvalue weighted by atomic mass is 9.98. The average molecular weight is 255 g/mol. The summed E-state index contributed by atoms with van der Waals surface area (Å²) in [6.45, 7) is 10.1. The third-order valence-electron chi connectivity index (χ3n) is 3.37. The molecule has 0 aliphatic rings. The van der Waals surface area contributed by atoms with Gasteiger partial charge in [0.1, 0.15) is 0 Å². The second-order valence-electron chi connectivity index (χ2n) is 5.16. The van der Waals surface area contributed by atoms with Crippen LogP contribution >= 0.6 is 0 Å². The summed E-state index contributed by atoms with van der Waals surface area (Å²) in [5.41, 5.74) is 2.68. The summed E-state index contributed by atoms with van der Waals surface area (Å²) in [5.74, 6) is -0.0134. The molecule has 3 heteroatoms. The Kier molecular flexibility index (Phi) is 8.73. The molecule has 106 valence electrons. The highest BCUT2D eigenvalue weighted by Gasteiger charge is 2.21. The molecule has 0 aromatic heterocycles. The molecule has 0 aliphatic heterocycles. The molecule has 1 atom stereocenters. The van der Waals surface area contributed by atoms with Gasteiger partial charge in [0.25, 0.3) is 0 Å². The van der Waals surface area contributed by atoms with Gasteiger partial charge >= 0.3 is 0 Å². The van der Waals surface area contributed by atoms with Gasteiger partial charge in [-0.25, -0.2) is 5.06 Å². The summed E-state index contributed by atoms with van der Waals surface area (Å²) in [5, 5.41) is 1.53. The number of unbranched alkanes of at least 4 members (excludes halogenated alkanes) is 2. The topological polar surface area (TPSA) is 29.5 Å². The van der Waals surface area contributed by atoms with E-state index in [9.17, 15) is 4.79 Å². The zero-order chi connectivity index (χ0) is 14.1. The van der Waals surface area contributed by atoms with E-state index in [-0.39, 0.29) is 11.9 Å². The van der Waals surface area contributed by atoms with Crippen LogP contribution in [0.3, 0.4) is 0 Å². The third-order valence-corrected chi connectivity index (χ3v) is 3.37. The highest BCUT2D eigenvalue weighted by atomic mass is 16.7. The van der Waals surface area contributed by atoms with Gasteiger partial charge in [-0.15, -0.1) is 0 Å². The molecule has 0 bridgehead atoms. The minimum absolute atomic E-state index is 0.0134. The fourth-order valence-corrected chi connectivity index (χ4v) is 2.02. The predicted octanol–water partition coefficient (Wildman–Crippen LogP) is 4.09. The minimum Gasteiger partial charge on any atom is -0.274 e. The molecule has 0 heterocycles. The quantitative estimate of drug-likeness (QED) is 0.371. The van der Waals surface area contributed by atoms with E-state index < -0.39 is 0 Å². The van der Waals surface area contributed by atoms with Gasteiger partial charge in [-0.1, -0.05) is 37.3 Å². The number of hydrogen-bond acceptors (Lipinski definition) is 2. The molecule has 0 fully saturated rings. The molecule has 0 aliphatic carbocycles. The van der Waals surface area contributed by atoms with Gasteiger partial charge in [-0.3, -0.25) is 9.63 Å². The van der Waals surface area contributed by atoms with Gasteiger partial charge in [0, 0.05) is 6.92 Å². The second kappa shape index (κ2) is 9.15. The maximum Gasteiger partial charge on any atom is 0.243 e. The lowest BCUT2D eigenvalue weighted by Crippen LogP contribution is -2.38. The first-order valence-corrected chi connectivity index (χ1v) is 6.90. The summed E-state index contributed by atoms with van der Waals surface area (Å²) in [7, 11) is 1.58. The molecule has 0 spiro atoms. The Balaban J connectivity index is 4.69. The van der Waals surface area contributed by atoms with E-state index in [1.54, 1.807) is 14.0 Å². The van der Waals surface area contributed by atoms with Crippen LogP contribution in [-0.4, -0.2) is 24.1 Å². The van der Waals surface area contributed by atoms with Gasteiger partial charge in [0.2, 0.25) is 5.91 Å². The first-order chi connectivity index (χ1) is 8.43. The smallest absolute Gasteiger partial charge is 0.243 e. The number of carbonyl (C=O) groups is 1. The molecule has 0 saturated carbocycles. The summed E-state index contributed by atoms with van der Waals surface area (Å²) in [6, 6.07) is 0.161. The Labute approximate surface area is 112 Å². The van der Waals surface area contributed by atoms with Crippen molar-refractivity contribution >= 4 is 5.91 Å². The normalized spacial score (nSPS) is 12.1. The van der Waals surface area contributed by atoms with Crippen molar-refractivity contribution in [3.8, 4) is 0 Å². The minimum atomic E-state index is -0.0134. The summed E-state index contributed by atoms with van der Waals surface area (Å²) in [4.78, 5) is 16.8. The van der Waals surface area contributed by atoms with Crippen molar-refractivity contribution in [2.45, 2.75) is 72.8 Å². The zero-order valence-electron chi connectivity index (χ0n) is 12.9. The largest absolute Gasteiger partial charge is 0.274 e. The fraction of sp³-hybridized carbons (Fsp3) is 0.800. The van der Waals surface area contributed by atoms with Crippen LogP contribution in [0.5, 0.6) is 0 Å². The van der Waals surface area contributed by atoms with Crippen molar-refractivity contribution in [2.75, 3.05) is 7.11 Å². The maximum atomic E-state index is 11.6. The van der Waals surface area contributed by atoms with E-state index >= 15 is 0 Å². The molecule has 0 saturated heterocycles. The molecular weight excluding hydrogens is 226 g/mol. The van der Waals surface area contributed by atoms with Crippen molar-refractivity contribution in [3.63, 3.8) is 0 Å². The Morgan fingerprint density at radius 1 is 1.17 bits per heavy atom. The number of hydroxylamine groups is 2. The number of nitrogens with zero attached hydrogens (tertiary/aromatic N) is 1. The Morgan fingerprint density at radius 3 is 2.17 bits per heavy atom. The van der Waals surface area contributed by atoms with Crippen LogP contribution in [-0.2, 0) is 9.63 Å². The highest BCUT2D eigenvalue weighted by Crippen LogP contribution is 2.20. The molecule has 18 heavy (non-hydrogen) atoms. The number of carbonyl (C=O) groups excluding carboxylic acids is 1. The maximum absolute atomic E-state index is 11.6. The van der Waals surface area contributed by atoms with E-state index in [1.807, 2.05) is 0 Å². The van der Waals surface area contributed by atoms with Crippen molar-refractivity contribution in [1.29, 1.82) is 0 Å². The first kappa shape index (κ1) is 17.2. The van der Waals surface area contributed by atoms with E-state index in [2.05, 4.69) is 27.7 Å². The Hall–Kier alpha value is -0.830. The average Bonchev–Trinajstić information content (AvgIpc) is 2.29. The summed E-state index contributed by atoms with van der Waals surface area (Å²) >= 11 is 0. The van der Waals surface area contributed by atoms with Gasteiger partial charge in [0.05, 0.1) is 13.2 Å². The number of allylic oxidation sites excluding steroid dienone is 1. The van der Waals surface area contributed by atoms with Gasteiger partial charge in [0.15, 0.2) is 0 Å². The van der Waals surface area contributed by atoms with Crippen LogP contribution in [0.1, 0.15) is 66.7 Å². The molecule has 0 N–H and O–H groups in total. The Morgan fingerprint density at radius 2 is 1.78 bits per heavy atom. The van der Waals surface area contributed by atoms with Crippen LogP contribution in [0.2, 0.25) is 0 Å². The number of hydrogen-bond donors (Lipinski definition) is 0. The van der Waals surface area contributed by atoms with E-state index in [0.29, 0.717) is 0 Å². The van der Waals surface area contributed by atoms with Crippen LogP contribution in [0.15, 0.2) is 11.1 Å². The molecule has 0 radical (unpaired) electrons. The standard InChI is InChI=1S/C15H29NO2/c1-7-8-9-10-15(11-13(4)12(2)3)16(18-6)14(5)17/h15H,7-11H2,1-6H3. The van der Waals surface area contributed by atoms with Gasteiger partial charge in [-0.2, -0.15) is 0 Å². The number of amides is 1. The van der Waals surface area contributed by atoms with Crippen molar-refractivity contribution in [2.24, 2.45) is 0 Å². The van der Waals surface area contributed by atoms with E-state index in [0.717, 1.165) is 19.3 Å². The van der Waals surface area contributed by atoms with E-state index in [1.165, 1.54) is 29.1 Å².